The number of nitrogens with zero attached hydrogens (tertiary/aromatic N) is 4. The molecule has 0 saturated carbocycles. The highest BCUT2D eigenvalue weighted by atomic mass is 16.5. The maximum absolute atomic E-state index is 13.2. The van der Waals surface area contributed by atoms with E-state index in [4.69, 9.17) is 9.47 Å². The fourth-order valence-corrected chi connectivity index (χ4v) is 4.10. The Hall–Kier alpha value is -3.95. The Bertz CT molecular complexity index is 1150. The summed E-state index contributed by atoms with van der Waals surface area (Å²) in [6, 6.07) is 8.60. The summed E-state index contributed by atoms with van der Waals surface area (Å²) in [5.41, 5.74) is 3.04. The summed E-state index contributed by atoms with van der Waals surface area (Å²) in [6.45, 7) is 3.72. The van der Waals surface area contributed by atoms with Gasteiger partial charge < -0.3 is 14.8 Å². The standard InChI is InChI=1S/C23H25N5O5/c1-5-14-8-6-7-13(2)19(14)24-18(29)12-27-21-20(25-26-27)22(30)28(23(21)31)15-9-10-16(32-3)17(11-15)33-4/h6-11,20-21H,5,12H2,1-4H3,(H,24,29)/t20-,21+/m0/s1. The number of hydrogen-bond donors (Lipinski definition) is 1. The van der Waals surface area contributed by atoms with E-state index in [1.807, 2.05) is 32.0 Å². The Morgan fingerprint density at radius 2 is 1.85 bits per heavy atom. The summed E-state index contributed by atoms with van der Waals surface area (Å²) in [7, 11) is 2.97. The average molecular weight is 451 g/mol. The number of nitrogens with one attached hydrogen (secondary N) is 1. The zero-order valence-corrected chi connectivity index (χ0v) is 18.9. The van der Waals surface area contributed by atoms with Crippen LogP contribution in [0.3, 0.4) is 0 Å². The monoisotopic (exact) mass is 451 g/mol. The van der Waals surface area contributed by atoms with Gasteiger partial charge >= 0.3 is 0 Å². The van der Waals surface area contributed by atoms with Crippen molar-refractivity contribution in [1.82, 2.24) is 5.01 Å². The summed E-state index contributed by atoms with van der Waals surface area (Å²) in [6.07, 6.45) is 0.763. The lowest BCUT2D eigenvalue weighted by Crippen LogP contribution is -2.43. The first-order valence-electron chi connectivity index (χ1n) is 10.5. The van der Waals surface area contributed by atoms with Gasteiger partial charge in [0.1, 0.15) is 6.54 Å². The number of benzene rings is 2. The van der Waals surface area contributed by atoms with Crippen LogP contribution in [0.25, 0.3) is 0 Å². The third-order valence-electron chi connectivity index (χ3n) is 5.79. The topological polar surface area (TPSA) is 113 Å². The van der Waals surface area contributed by atoms with Crippen molar-refractivity contribution in [3.63, 3.8) is 0 Å². The number of methoxy groups -OCH3 is 2. The third-order valence-corrected chi connectivity index (χ3v) is 5.79. The van der Waals surface area contributed by atoms with Gasteiger partial charge in [0.15, 0.2) is 23.6 Å². The lowest BCUT2D eigenvalue weighted by atomic mass is 10.1. The molecule has 0 bridgehead atoms. The van der Waals surface area contributed by atoms with Gasteiger partial charge in [-0.05, 0) is 36.6 Å². The van der Waals surface area contributed by atoms with Crippen LogP contribution in [0.4, 0.5) is 11.4 Å². The molecule has 33 heavy (non-hydrogen) atoms. The predicted molar refractivity (Wildman–Crippen MR) is 120 cm³/mol. The number of imide groups is 1. The van der Waals surface area contributed by atoms with Gasteiger partial charge in [-0.1, -0.05) is 30.3 Å². The molecule has 10 nitrogen and oxygen atoms in total. The Morgan fingerprint density at radius 3 is 2.55 bits per heavy atom. The van der Waals surface area contributed by atoms with E-state index in [0.717, 1.165) is 28.1 Å². The fraction of sp³-hybridized carbons (Fsp3) is 0.348. The molecule has 1 saturated heterocycles. The lowest BCUT2D eigenvalue weighted by Gasteiger charge is -2.21. The number of hydrogen-bond acceptors (Lipinski definition) is 8. The van der Waals surface area contributed by atoms with E-state index in [0.29, 0.717) is 17.2 Å². The zero-order valence-electron chi connectivity index (χ0n) is 18.9. The largest absolute Gasteiger partial charge is 0.493 e. The number of aryl methyl sites for hydroxylation is 2. The maximum atomic E-state index is 13.2. The molecule has 2 atom stereocenters. The normalized spacial score (nSPS) is 19.2. The van der Waals surface area contributed by atoms with Crippen molar-refractivity contribution in [1.29, 1.82) is 0 Å². The number of amides is 3. The van der Waals surface area contributed by atoms with E-state index >= 15 is 0 Å². The average Bonchev–Trinajstić information content (AvgIpc) is 3.33. The highest BCUT2D eigenvalue weighted by Gasteiger charge is 2.55. The third kappa shape index (κ3) is 3.88. The molecule has 172 valence electrons. The molecule has 2 heterocycles. The van der Waals surface area contributed by atoms with Gasteiger partial charge in [-0.15, -0.1) is 0 Å². The molecule has 10 heteroatoms. The van der Waals surface area contributed by atoms with Crippen LogP contribution in [-0.2, 0) is 20.8 Å². The lowest BCUT2D eigenvalue weighted by molar-refractivity contribution is -0.123. The second-order valence-electron chi connectivity index (χ2n) is 7.75. The minimum absolute atomic E-state index is 0.207. The van der Waals surface area contributed by atoms with Gasteiger partial charge in [-0.2, -0.15) is 5.11 Å². The molecule has 1 fully saturated rings. The summed E-state index contributed by atoms with van der Waals surface area (Å²) in [5, 5.41) is 12.1. The van der Waals surface area contributed by atoms with Crippen LogP contribution < -0.4 is 19.7 Å². The van der Waals surface area contributed by atoms with E-state index in [2.05, 4.69) is 15.7 Å². The van der Waals surface area contributed by atoms with Gasteiger partial charge in [0, 0.05) is 11.8 Å². The van der Waals surface area contributed by atoms with Gasteiger partial charge in [0.2, 0.25) is 5.91 Å². The van der Waals surface area contributed by atoms with Crippen LogP contribution in [0, 0.1) is 6.92 Å². The van der Waals surface area contributed by atoms with Gasteiger partial charge in [-0.3, -0.25) is 19.4 Å². The van der Waals surface area contributed by atoms with Crippen molar-refractivity contribution < 1.29 is 23.9 Å². The summed E-state index contributed by atoms with van der Waals surface area (Å²) in [4.78, 5) is 40.0. The molecule has 0 spiro atoms. The fourth-order valence-electron chi connectivity index (χ4n) is 4.10. The van der Waals surface area contributed by atoms with E-state index in [-0.39, 0.29) is 12.5 Å². The summed E-state index contributed by atoms with van der Waals surface area (Å²) in [5.74, 6) is -0.490. The number of rotatable bonds is 7. The van der Waals surface area contributed by atoms with Crippen molar-refractivity contribution in [2.45, 2.75) is 32.4 Å². The van der Waals surface area contributed by atoms with E-state index in [1.54, 1.807) is 18.2 Å². The Morgan fingerprint density at radius 1 is 1.09 bits per heavy atom. The van der Waals surface area contributed by atoms with E-state index in [1.165, 1.54) is 19.2 Å². The smallest absolute Gasteiger partial charge is 0.263 e. The molecule has 2 aromatic rings. The van der Waals surface area contributed by atoms with Crippen LogP contribution in [0.5, 0.6) is 11.5 Å². The van der Waals surface area contributed by atoms with Crippen molar-refractivity contribution in [2.75, 3.05) is 31.0 Å². The molecule has 4 rings (SSSR count). The molecule has 2 aliphatic rings. The van der Waals surface area contributed by atoms with Crippen LogP contribution >= 0.6 is 0 Å². The van der Waals surface area contributed by atoms with Crippen LogP contribution in [-0.4, -0.2) is 55.6 Å². The molecule has 0 radical (unpaired) electrons. The van der Waals surface area contributed by atoms with E-state index in [9.17, 15) is 14.4 Å². The first-order chi connectivity index (χ1) is 15.9. The molecule has 0 aliphatic carbocycles. The number of carbonyl (C=O) groups excluding carboxylic acids is 3. The Labute approximate surface area is 191 Å². The second kappa shape index (κ2) is 8.89. The van der Waals surface area contributed by atoms with Gasteiger partial charge in [-0.25, -0.2) is 4.90 Å². The second-order valence-corrected chi connectivity index (χ2v) is 7.75. The van der Waals surface area contributed by atoms with Crippen molar-refractivity contribution in [3.8, 4) is 11.5 Å². The summed E-state index contributed by atoms with van der Waals surface area (Å²) < 4.78 is 10.5. The quantitative estimate of drug-likeness (QED) is 0.647. The minimum atomic E-state index is -0.997. The van der Waals surface area contributed by atoms with Crippen LogP contribution in [0.2, 0.25) is 0 Å². The number of carbonyl (C=O) groups is 3. The number of anilines is 2. The zero-order chi connectivity index (χ0) is 23.7. The van der Waals surface area contributed by atoms with Crippen LogP contribution in [0.15, 0.2) is 46.7 Å². The van der Waals surface area contributed by atoms with E-state index < -0.39 is 23.9 Å². The SMILES string of the molecule is CCc1cccc(C)c1NC(=O)CN1N=N[C@@H]2C(=O)N(c3ccc(OC)c(OC)c3)C(=O)[C@@H]21. The molecule has 2 aliphatic heterocycles. The maximum Gasteiger partial charge on any atom is 0.263 e. The molecule has 3 amide bonds. The predicted octanol–water partition coefficient (Wildman–Crippen LogP) is 2.51. The number of para-hydroxylation sites is 1. The Kier molecular flexibility index (Phi) is 5.99. The molecule has 0 unspecified atom stereocenters. The van der Waals surface area contributed by atoms with Gasteiger partial charge in [0.05, 0.1) is 19.9 Å². The molecule has 1 N–H and O–H groups in total. The number of fused-ring (bicyclic) bond motifs is 1. The first-order valence-corrected chi connectivity index (χ1v) is 10.5. The van der Waals surface area contributed by atoms with Crippen molar-refractivity contribution >= 4 is 29.1 Å². The Balaban J connectivity index is 1.52. The summed E-state index contributed by atoms with van der Waals surface area (Å²) >= 11 is 0. The van der Waals surface area contributed by atoms with Crippen molar-refractivity contribution in [3.05, 3.63) is 47.5 Å². The molecule has 0 aromatic heterocycles. The molecular formula is C23H25N5O5. The van der Waals surface area contributed by atoms with Gasteiger partial charge in [0.25, 0.3) is 11.8 Å². The molecular weight excluding hydrogens is 426 g/mol. The minimum Gasteiger partial charge on any atom is -0.493 e. The number of ether oxygens (including phenoxy) is 2. The highest BCUT2D eigenvalue weighted by Crippen LogP contribution is 2.36. The highest BCUT2D eigenvalue weighted by molar-refractivity contribution is 6.25. The van der Waals surface area contributed by atoms with Crippen molar-refractivity contribution in [2.24, 2.45) is 10.3 Å². The molecule has 2 aromatic carbocycles. The first kappa shape index (κ1) is 22.3. The van der Waals surface area contributed by atoms with Crippen LogP contribution in [0.1, 0.15) is 18.1 Å².